The van der Waals surface area contributed by atoms with Gasteiger partial charge in [-0.1, -0.05) is 43.5 Å². The van der Waals surface area contributed by atoms with Crippen LogP contribution >= 0.6 is 0 Å². The molecule has 36 heavy (non-hydrogen) atoms. The number of rotatable bonds is 6. The summed E-state index contributed by atoms with van der Waals surface area (Å²) in [5, 5.41) is 28.8. The molecule has 3 aromatic rings. The van der Waals surface area contributed by atoms with Crippen molar-refractivity contribution in [2.24, 2.45) is 0 Å². The third kappa shape index (κ3) is 4.44. The zero-order valence-corrected chi connectivity index (χ0v) is 21.0. The van der Waals surface area contributed by atoms with E-state index in [1.54, 1.807) is 6.07 Å². The highest BCUT2D eigenvalue weighted by Crippen LogP contribution is 2.40. The monoisotopic (exact) mass is 487 g/mol. The molecule has 8 nitrogen and oxygen atoms in total. The van der Waals surface area contributed by atoms with Crippen molar-refractivity contribution in [1.82, 2.24) is 20.1 Å². The van der Waals surface area contributed by atoms with Crippen molar-refractivity contribution in [1.29, 1.82) is 5.26 Å². The van der Waals surface area contributed by atoms with Gasteiger partial charge in [-0.3, -0.25) is 0 Å². The van der Waals surface area contributed by atoms with Gasteiger partial charge in [-0.05, 0) is 69.8 Å². The number of pyridine rings is 1. The average molecular weight is 488 g/mol. The van der Waals surface area contributed by atoms with Crippen LogP contribution in [0.4, 0.5) is 0 Å². The zero-order chi connectivity index (χ0) is 25.3. The van der Waals surface area contributed by atoms with Crippen LogP contribution in [0.2, 0.25) is 0 Å². The Labute approximate surface area is 211 Å². The van der Waals surface area contributed by atoms with Gasteiger partial charge >= 0.3 is 5.97 Å². The number of piperidine rings is 1. The summed E-state index contributed by atoms with van der Waals surface area (Å²) in [7, 11) is 0. The molecule has 2 fully saturated rings. The zero-order valence-electron chi connectivity index (χ0n) is 21.0. The predicted molar refractivity (Wildman–Crippen MR) is 137 cm³/mol. The van der Waals surface area contributed by atoms with Crippen molar-refractivity contribution in [3.05, 3.63) is 41.6 Å². The van der Waals surface area contributed by atoms with Crippen LogP contribution in [0.15, 0.2) is 30.3 Å². The SMILES string of the molecule is CC(C)Oc1nn(C2CCCCC2)c2nc(C(=O)O)cc(-c3ccc(C4(C#N)CCNCC4)cc3)c12. The van der Waals surface area contributed by atoms with E-state index in [4.69, 9.17) is 9.84 Å². The van der Waals surface area contributed by atoms with E-state index in [0.717, 1.165) is 73.7 Å². The Balaban J connectivity index is 1.67. The topological polar surface area (TPSA) is 113 Å². The fraction of sp³-hybridized carbons (Fsp3) is 0.500. The highest BCUT2D eigenvalue weighted by Gasteiger charge is 2.34. The van der Waals surface area contributed by atoms with Gasteiger partial charge in [0.1, 0.15) is 0 Å². The van der Waals surface area contributed by atoms with E-state index in [1.165, 1.54) is 6.42 Å². The number of benzene rings is 1. The van der Waals surface area contributed by atoms with Crippen molar-refractivity contribution in [2.45, 2.75) is 76.4 Å². The van der Waals surface area contributed by atoms with Crippen LogP contribution in [0.1, 0.15) is 80.9 Å². The first-order valence-corrected chi connectivity index (χ1v) is 13.0. The molecule has 1 aliphatic carbocycles. The van der Waals surface area contributed by atoms with Crippen molar-refractivity contribution < 1.29 is 14.6 Å². The summed E-state index contributed by atoms with van der Waals surface area (Å²) in [6.45, 7) is 5.55. The van der Waals surface area contributed by atoms with E-state index in [9.17, 15) is 15.2 Å². The lowest BCUT2D eigenvalue weighted by molar-refractivity contribution is 0.0691. The third-order valence-corrected chi connectivity index (χ3v) is 7.54. The fourth-order valence-electron chi connectivity index (χ4n) is 5.61. The molecular weight excluding hydrogens is 454 g/mol. The number of ether oxygens (including phenoxy) is 1. The first-order valence-electron chi connectivity index (χ1n) is 13.0. The van der Waals surface area contributed by atoms with Crippen molar-refractivity contribution in [3.63, 3.8) is 0 Å². The molecule has 0 atom stereocenters. The molecule has 3 heterocycles. The van der Waals surface area contributed by atoms with Gasteiger partial charge in [-0.25, -0.2) is 14.5 Å². The van der Waals surface area contributed by atoms with Gasteiger partial charge in [-0.15, -0.1) is 5.10 Å². The van der Waals surface area contributed by atoms with Gasteiger partial charge in [-0.2, -0.15) is 5.26 Å². The van der Waals surface area contributed by atoms with Gasteiger partial charge < -0.3 is 15.2 Å². The molecule has 2 aromatic heterocycles. The van der Waals surface area contributed by atoms with Crippen molar-refractivity contribution in [3.8, 4) is 23.1 Å². The first-order chi connectivity index (χ1) is 17.4. The molecule has 8 heteroatoms. The van der Waals surface area contributed by atoms with Gasteiger partial charge in [0.25, 0.3) is 0 Å². The van der Waals surface area contributed by atoms with Crippen LogP contribution in [-0.4, -0.2) is 45.0 Å². The second-order valence-electron chi connectivity index (χ2n) is 10.3. The van der Waals surface area contributed by atoms with Crippen LogP contribution in [0.3, 0.4) is 0 Å². The molecule has 1 saturated heterocycles. The molecule has 0 unspecified atom stereocenters. The first kappa shape index (κ1) is 24.3. The summed E-state index contributed by atoms with van der Waals surface area (Å²) >= 11 is 0. The van der Waals surface area contributed by atoms with Gasteiger partial charge in [0.05, 0.1) is 29.0 Å². The number of nitriles is 1. The molecule has 1 saturated carbocycles. The normalized spacial score (nSPS) is 18.3. The van der Waals surface area contributed by atoms with Crippen LogP contribution < -0.4 is 10.1 Å². The maximum atomic E-state index is 12.1. The summed E-state index contributed by atoms with van der Waals surface area (Å²) in [6, 6.07) is 12.3. The molecule has 0 bridgehead atoms. The molecule has 0 spiro atoms. The summed E-state index contributed by atoms with van der Waals surface area (Å²) in [6.07, 6.45) is 6.88. The Morgan fingerprint density at radius 2 is 1.89 bits per heavy atom. The Hall–Kier alpha value is -3.44. The van der Waals surface area contributed by atoms with Crippen LogP contribution in [0.5, 0.6) is 5.88 Å². The Morgan fingerprint density at radius 1 is 1.19 bits per heavy atom. The lowest BCUT2D eigenvalue weighted by Crippen LogP contribution is -2.38. The Kier molecular flexibility index (Phi) is 6.67. The third-order valence-electron chi connectivity index (χ3n) is 7.54. The Morgan fingerprint density at radius 3 is 2.50 bits per heavy atom. The number of aromatic carboxylic acids is 1. The van der Waals surface area contributed by atoms with Gasteiger partial charge in [0.15, 0.2) is 11.3 Å². The van der Waals surface area contributed by atoms with Gasteiger partial charge in [0.2, 0.25) is 5.88 Å². The van der Waals surface area contributed by atoms with E-state index < -0.39 is 11.4 Å². The number of hydrogen-bond acceptors (Lipinski definition) is 6. The maximum Gasteiger partial charge on any atom is 0.354 e. The number of carbonyl (C=O) groups is 1. The summed E-state index contributed by atoms with van der Waals surface area (Å²) in [5.74, 6) is -0.587. The summed E-state index contributed by atoms with van der Waals surface area (Å²) in [4.78, 5) is 16.6. The molecule has 5 rings (SSSR count). The standard InChI is InChI=1S/C28H33N5O3/c1-18(2)36-26-24-22(19-8-10-20(11-9-19)28(17-29)12-14-30-15-13-28)16-23(27(34)35)31-25(24)33(32-26)21-6-4-3-5-7-21/h8-11,16,18,21,30H,3-7,12-15H2,1-2H3,(H,34,35). The van der Waals surface area contributed by atoms with Gasteiger partial charge in [0, 0.05) is 5.56 Å². The van der Waals surface area contributed by atoms with E-state index in [1.807, 2.05) is 42.8 Å². The number of carboxylic acids is 1. The highest BCUT2D eigenvalue weighted by molar-refractivity contribution is 6.01. The van der Waals surface area contributed by atoms with E-state index >= 15 is 0 Å². The predicted octanol–water partition coefficient (Wildman–Crippen LogP) is 5.23. The van der Waals surface area contributed by atoms with Crippen molar-refractivity contribution in [2.75, 3.05) is 13.1 Å². The van der Waals surface area contributed by atoms with Crippen LogP contribution in [-0.2, 0) is 5.41 Å². The van der Waals surface area contributed by atoms with Crippen LogP contribution in [0, 0.1) is 11.3 Å². The minimum Gasteiger partial charge on any atom is -0.477 e. The van der Waals surface area contributed by atoms with E-state index in [-0.39, 0.29) is 17.8 Å². The molecule has 1 aromatic carbocycles. The number of carboxylic acid groups (broad SMARTS) is 1. The number of aromatic nitrogens is 3. The molecule has 2 aliphatic rings. The van der Waals surface area contributed by atoms with Crippen molar-refractivity contribution >= 4 is 17.0 Å². The lowest BCUT2D eigenvalue weighted by Gasteiger charge is -2.31. The second kappa shape index (κ2) is 9.90. The molecule has 188 valence electrons. The summed E-state index contributed by atoms with van der Waals surface area (Å²) in [5.41, 5.74) is 2.63. The number of fused-ring (bicyclic) bond motifs is 1. The Bertz CT molecular complexity index is 1290. The average Bonchev–Trinajstić information content (AvgIpc) is 3.26. The minimum atomic E-state index is -1.07. The van der Waals surface area contributed by atoms with Crippen LogP contribution in [0.25, 0.3) is 22.2 Å². The maximum absolute atomic E-state index is 12.1. The number of nitrogens with one attached hydrogen (secondary N) is 1. The molecule has 2 N–H and O–H groups in total. The fourth-order valence-corrected chi connectivity index (χ4v) is 5.61. The molecule has 0 radical (unpaired) electrons. The minimum absolute atomic E-state index is 0.0125. The largest absolute Gasteiger partial charge is 0.477 e. The smallest absolute Gasteiger partial charge is 0.354 e. The number of hydrogen-bond donors (Lipinski definition) is 2. The molecule has 1 aliphatic heterocycles. The highest BCUT2D eigenvalue weighted by atomic mass is 16.5. The molecular formula is C28H33N5O3. The van der Waals surface area contributed by atoms with E-state index in [2.05, 4.69) is 16.4 Å². The lowest BCUT2D eigenvalue weighted by atomic mass is 9.74. The van der Waals surface area contributed by atoms with E-state index in [0.29, 0.717) is 11.5 Å². The summed E-state index contributed by atoms with van der Waals surface area (Å²) < 4.78 is 8.04. The number of nitrogens with zero attached hydrogens (tertiary/aromatic N) is 4. The second-order valence-corrected chi connectivity index (χ2v) is 10.3. The molecule has 0 amide bonds. The quantitative estimate of drug-likeness (QED) is 0.489.